The Bertz CT molecular complexity index is 1520. The van der Waals surface area contributed by atoms with Crippen LogP contribution in [0.1, 0.15) is 21.5 Å². The first kappa shape index (κ1) is 26.6. The van der Waals surface area contributed by atoms with E-state index in [1.54, 1.807) is 48.5 Å². The minimum atomic E-state index is -3.93. The van der Waals surface area contributed by atoms with E-state index >= 15 is 0 Å². The van der Waals surface area contributed by atoms with Gasteiger partial charge in [0.05, 0.1) is 23.3 Å². The van der Waals surface area contributed by atoms with Crippen molar-refractivity contribution in [2.75, 3.05) is 7.11 Å². The van der Waals surface area contributed by atoms with E-state index in [1.165, 1.54) is 7.11 Å². The minimum Gasteiger partial charge on any atom is -0.465 e. The number of sulfonamides is 1. The van der Waals surface area contributed by atoms with E-state index in [1.807, 2.05) is 73.4 Å². The van der Waals surface area contributed by atoms with E-state index in [0.29, 0.717) is 16.8 Å². The Kier molecular flexibility index (Phi) is 8.08. The first-order valence-corrected chi connectivity index (χ1v) is 15.8. The summed E-state index contributed by atoms with van der Waals surface area (Å²) in [7, 11) is -2.62. The molecule has 0 unspecified atom stereocenters. The average Bonchev–Trinajstić information content (AvgIpc) is 2.93. The van der Waals surface area contributed by atoms with Crippen molar-refractivity contribution in [3.63, 3.8) is 0 Å². The molecule has 0 aliphatic rings. The number of esters is 1. The molecule has 0 spiro atoms. The molecule has 0 atom stereocenters. The van der Waals surface area contributed by atoms with Crippen LogP contribution in [0, 0.1) is 6.92 Å². The van der Waals surface area contributed by atoms with Crippen molar-refractivity contribution < 1.29 is 17.9 Å². The van der Waals surface area contributed by atoms with Crippen LogP contribution < -0.4 is 15.3 Å². The second kappa shape index (κ2) is 11.3. The zero-order valence-electron chi connectivity index (χ0n) is 20.4. The number of carbonyl (C=O) groups is 1. The monoisotopic (exact) mass is 547 g/mol. The number of nitrogens with one attached hydrogen (secondary N) is 1. The first-order valence-electron chi connectivity index (χ1n) is 11.4. The Balaban J connectivity index is 1.91. The van der Waals surface area contributed by atoms with E-state index in [9.17, 15) is 13.2 Å². The summed E-state index contributed by atoms with van der Waals surface area (Å²) in [6.07, 6.45) is 0. The molecule has 4 aromatic rings. The Labute approximate surface area is 222 Å². The van der Waals surface area contributed by atoms with Crippen LogP contribution >= 0.6 is 6.04 Å². The Morgan fingerprint density at radius 2 is 1.27 bits per heavy atom. The van der Waals surface area contributed by atoms with Crippen molar-refractivity contribution in [1.82, 2.24) is 4.72 Å². The predicted octanol–water partition coefficient (Wildman–Crippen LogP) is 5.19. The summed E-state index contributed by atoms with van der Waals surface area (Å²) in [4.78, 5) is 12.1. The highest BCUT2D eigenvalue weighted by Crippen LogP contribution is 2.47. The summed E-state index contributed by atoms with van der Waals surface area (Å²) in [6.45, 7) is 1.90. The molecule has 0 saturated carbocycles. The summed E-state index contributed by atoms with van der Waals surface area (Å²) >= 11 is 6.35. The molecule has 0 radical (unpaired) electrons. The molecule has 8 heteroatoms. The van der Waals surface area contributed by atoms with Gasteiger partial charge >= 0.3 is 5.97 Å². The molecule has 0 aliphatic carbocycles. The molecule has 0 bridgehead atoms. The highest BCUT2D eigenvalue weighted by Gasteiger charge is 2.24. The zero-order chi connectivity index (χ0) is 26.5. The molecule has 4 rings (SSSR count). The third-order valence-corrected chi connectivity index (χ3v) is 11.5. The van der Waals surface area contributed by atoms with Gasteiger partial charge < -0.3 is 4.74 Å². The second-order valence-electron chi connectivity index (χ2n) is 8.36. The predicted molar refractivity (Wildman–Crippen MR) is 154 cm³/mol. The quantitative estimate of drug-likeness (QED) is 0.243. The standard InChI is InChI=1S/C29H26NO4PS2/c1-22-13-19-27(20-14-22)37(32,33)30-28(23-15-17-24(18-16-23)29(31)34-2)21-35(36,25-9-5-3-6-10-25)26-11-7-4-8-12-26/h3-21,30H,1-2H3/b28-21-. The molecular formula is C29H26NO4PS2. The van der Waals surface area contributed by atoms with Crippen LogP contribution in [0.2, 0.25) is 0 Å². The molecule has 37 heavy (non-hydrogen) atoms. The fourth-order valence-electron chi connectivity index (χ4n) is 3.76. The van der Waals surface area contributed by atoms with Crippen LogP contribution in [0.25, 0.3) is 5.70 Å². The van der Waals surface area contributed by atoms with E-state index in [0.717, 1.165) is 16.2 Å². The lowest BCUT2D eigenvalue weighted by atomic mass is 10.1. The van der Waals surface area contributed by atoms with Crippen molar-refractivity contribution in [2.24, 2.45) is 0 Å². The fourth-order valence-corrected chi connectivity index (χ4v) is 8.38. The molecule has 5 nitrogen and oxygen atoms in total. The van der Waals surface area contributed by atoms with Crippen molar-refractivity contribution in [3.8, 4) is 0 Å². The summed E-state index contributed by atoms with van der Waals surface area (Å²) < 4.78 is 34.5. The van der Waals surface area contributed by atoms with Crippen LogP contribution in [-0.2, 0) is 26.6 Å². The third kappa shape index (κ3) is 6.08. The Hall–Kier alpha value is -3.51. The van der Waals surface area contributed by atoms with Gasteiger partial charge in [0.1, 0.15) is 0 Å². The molecule has 188 valence electrons. The molecule has 1 N–H and O–H groups in total. The molecule has 0 aromatic heterocycles. The van der Waals surface area contributed by atoms with Crippen molar-refractivity contribution in [2.45, 2.75) is 11.8 Å². The molecule has 0 fully saturated rings. The maximum atomic E-state index is 13.5. The Morgan fingerprint density at radius 1 is 0.784 bits per heavy atom. The van der Waals surface area contributed by atoms with Gasteiger partial charge in [0.15, 0.2) is 0 Å². The largest absolute Gasteiger partial charge is 0.465 e. The summed E-state index contributed by atoms with van der Waals surface area (Å²) in [5.74, 6) is 1.38. The smallest absolute Gasteiger partial charge is 0.337 e. The lowest BCUT2D eigenvalue weighted by Gasteiger charge is -2.22. The van der Waals surface area contributed by atoms with Crippen LogP contribution in [0.15, 0.2) is 120 Å². The first-order chi connectivity index (χ1) is 17.7. The molecular weight excluding hydrogens is 521 g/mol. The number of benzene rings is 4. The van der Waals surface area contributed by atoms with Crippen LogP contribution in [-0.4, -0.2) is 21.5 Å². The van der Waals surface area contributed by atoms with E-state index < -0.39 is 22.0 Å². The number of methoxy groups -OCH3 is 1. The molecule has 0 saturated heterocycles. The second-order valence-corrected chi connectivity index (χ2v) is 14.4. The highest BCUT2D eigenvalue weighted by molar-refractivity contribution is 8.23. The van der Waals surface area contributed by atoms with Crippen molar-refractivity contribution in [1.29, 1.82) is 0 Å². The van der Waals surface area contributed by atoms with E-state index in [-0.39, 0.29) is 4.90 Å². The molecule has 4 aromatic carbocycles. The number of rotatable bonds is 8. The lowest BCUT2D eigenvalue weighted by molar-refractivity contribution is 0.0600. The van der Waals surface area contributed by atoms with Gasteiger partial charge in [-0.3, -0.25) is 4.72 Å². The molecule has 0 aliphatic heterocycles. The maximum Gasteiger partial charge on any atom is 0.337 e. The topological polar surface area (TPSA) is 72.5 Å². The maximum absolute atomic E-state index is 13.5. The number of ether oxygens (including phenoxy) is 1. The van der Waals surface area contributed by atoms with E-state index in [4.69, 9.17) is 16.5 Å². The summed E-state index contributed by atoms with van der Waals surface area (Å²) in [5.41, 5.74) is 2.23. The average molecular weight is 548 g/mol. The molecule has 0 heterocycles. The highest BCUT2D eigenvalue weighted by atomic mass is 32.4. The van der Waals surface area contributed by atoms with Crippen LogP contribution in [0.3, 0.4) is 0 Å². The van der Waals surface area contributed by atoms with Gasteiger partial charge in [-0.05, 0) is 53.2 Å². The Morgan fingerprint density at radius 3 is 1.76 bits per heavy atom. The number of carbonyl (C=O) groups excluding carboxylic acids is 1. The summed E-state index contributed by atoms with van der Waals surface area (Å²) in [6, 6.07) is 30.0. The van der Waals surface area contributed by atoms with Gasteiger partial charge in [-0.25, -0.2) is 13.2 Å². The SMILES string of the molecule is COC(=O)c1ccc(/C(=C/P(=S)(c2ccccc2)c2ccccc2)NS(=O)(=O)c2ccc(C)cc2)cc1. The van der Waals surface area contributed by atoms with Crippen molar-refractivity contribution in [3.05, 3.63) is 132 Å². The third-order valence-electron chi connectivity index (χ3n) is 5.78. The van der Waals surface area contributed by atoms with Gasteiger partial charge in [-0.2, -0.15) is 0 Å². The van der Waals surface area contributed by atoms with Gasteiger partial charge in [0.2, 0.25) is 0 Å². The van der Waals surface area contributed by atoms with Gasteiger partial charge in [-0.1, -0.05) is 102 Å². The normalized spacial score (nSPS) is 12.1. The van der Waals surface area contributed by atoms with Crippen molar-refractivity contribution >= 4 is 50.1 Å². The molecule has 0 amide bonds. The fraction of sp³-hybridized carbons (Fsp3) is 0.0690. The van der Waals surface area contributed by atoms with Gasteiger partial charge in [0.25, 0.3) is 10.0 Å². The van der Waals surface area contributed by atoms with E-state index in [2.05, 4.69) is 4.72 Å². The zero-order valence-corrected chi connectivity index (χ0v) is 22.9. The van der Waals surface area contributed by atoms with Crippen LogP contribution in [0.5, 0.6) is 0 Å². The number of aryl methyl sites for hydroxylation is 1. The van der Waals surface area contributed by atoms with Gasteiger partial charge in [-0.15, -0.1) is 0 Å². The minimum absolute atomic E-state index is 0.142. The number of hydrogen-bond donors (Lipinski definition) is 1. The summed E-state index contributed by atoms with van der Waals surface area (Å²) in [5, 5.41) is 1.85. The lowest BCUT2D eigenvalue weighted by Crippen LogP contribution is -2.24. The number of hydrogen-bond acceptors (Lipinski definition) is 5. The van der Waals surface area contributed by atoms with Crippen LogP contribution in [0.4, 0.5) is 0 Å². The van der Waals surface area contributed by atoms with Gasteiger partial charge in [0, 0.05) is 6.04 Å².